The summed E-state index contributed by atoms with van der Waals surface area (Å²) in [5, 5.41) is 23.3. The molecule has 0 spiro atoms. The second kappa shape index (κ2) is 59.2. The van der Waals surface area contributed by atoms with Gasteiger partial charge in [-0.3, -0.25) is 9.59 Å². The summed E-state index contributed by atoms with van der Waals surface area (Å²) in [5.41, 5.74) is 0. The number of hydrogen-bond donors (Lipinski definition) is 3. The molecule has 6 nitrogen and oxygen atoms in total. The molecule has 0 fully saturated rings. The Kier molecular flexibility index (Phi) is 58.0. The van der Waals surface area contributed by atoms with E-state index in [-0.39, 0.29) is 18.5 Å². The van der Waals surface area contributed by atoms with Crippen molar-refractivity contribution in [3.05, 3.63) is 12.2 Å². The maximum absolute atomic E-state index is 12.5. The summed E-state index contributed by atoms with van der Waals surface area (Å²) in [4.78, 5) is 24.5. The normalized spacial score (nSPS) is 12.6. The van der Waals surface area contributed by atoms with E-state index in [0.29, 0.717) is 25.9 Å². The van der Waals surface area contributed by atoms with E-state index in [1.807, 2.05) is 0 Å². The Hall–Kier alpha value is -1.40. The largest absolute Gasteiger partial charge is 0.466 e. The highest BCUT2D eigenvalue weighted by atomic mass is 16.5. The van der Waals surface area contributed by atoms with Gasteiger partial charge in [-0.15, -0.1) is 0 Å². The Morgan fingerprint density at radius 3 is 1.03 bits per heavy atom. The molecule has 0 aliphatic rings. The number of ether oxygens (including phenoxy) is 1. The molecule has 0 saturated carbocycles. The summed E-state index contributed by atoms with van der Waals surface area (Å²) in [7, 11) is 0. The first-order valence-electron chi connectivity index (χ1n) is 31.4. The molecular formula is C63H123NO5. The smallest absolute Gasteiger partial charge is 0.305 e. The minimum absolute atomic E-state index is 0.00843. The molecule has 1 amide bonds. The number of carbonyl (C=O) groups excluding carboxylic acids is 2. The second-order valence-electron chi connectivity index (χ2n) is 21.7. The molecule has 0 rings (SSSR count). The standard InChI is InChI=1S/C63H123NO5/c1-3-5-7-9-11-13-15-17-33-37-41-45-49-53-57-63(68)69-58-54-50-46-42-38-34-30-28-26-24-22-20-18-19-21-23-25-27-29-32-36-40-44-48-52-56-62(67)64-60(59-65)61(66)55-51-47-43-39-35-31-16-14-12-10-8-6-4-2/h15,17,60-61,65-66H,3-14,16,18-59H2,1-2H3,(H,64,67)/b17-15-. The fraction of sp³-hybridized carbons (Fsp3) is 0.937. The van der Waals surface area contributed by atoms with Crippen LogP contribution in [0.3, 0.4) is 0 Å². The van der Waals surface area contributed by atoms with Crippen LogP contribution in [0.1, 0.15) is 354 Å². The SMILES string of the molecule is CCCCCCC/C=C\CCCCCCCC(=O)OCCCCCCCCCCCCCCCCCCCCCCCCCCCC(=O)NC(CO)C(O)CCCCCCCCCCCCCCC. The Morgan fingerprint density at radius 2 is 0.681 bits per heavy atom. The summed E-state index contributed by atoms with van der Waals surface area (Å²) in [5.74, 6) is -0.0231. The molecule has 3 N–H and O–H groups in total. The molecule has 0 aliphatic heterocycles. The minimum Gasteiger partial charge on any atom is -0.466 e. The van der Waals surface area contributed by atoms with Crippen LogP contribution in [-0.4, -0.2) is 47.4 Å². The van der Waals surface area contributed by atoms with Gasteiger partial charge in [0.05, 0.1) is 25.4 Å². The number of carbonyl (C=O) groups is 2. The van der Waals surface area contributed by atoms with Crippen LogP contribution in [0.4, 0.5) is 0 Å². The predicted molar refractivity (Wildman–Crippen MR) is 301 cm³/mol. The zero-order chi connectivity index (χ0) is 50.0. The monoisotopic (exact) mass is 974 g/mol. The fourth-order valence-electron chi connectivity index (χ4n) is 9.99. The van der Waals surface area contributed by atoms with Gasteiger partial charge in [0.2, 0.25) is 5.91 Å². The molecule has 0 aliphatic carbocycles. The number of unbranched alkanes of at least 4 members (excludes halogenated alkanes) is 46. The summed E-state index contributed by atoms with van der Waals surface area (Å²) in [6.45, 7) is 4.96. The molecule has 2 atom stereocenters. The number of aliphatic hydroxyl groups excluding tert-OH is 2. The maximum atomic E-state index is 12.5. The maximum Gasteiger partial charge on any atom is 0.305 e. The van der Waals surface area contributed by atoms with E-state index in [4.69, 9.17) is 4.74 Å². The number of aliphatic hydroxyl groups is 2. The van der Waals surface area contributed by atoms with Crippen molar-refractivity contribution in [1.29, 1.82) is 0 Å². The van der Waals surface area contributed by atoms with Gasteiger partial charge in [0.25, 0.3) is 0 Å². The lowest BCUT2D eigenvalue weighted by Gasteiger charge is -2.22. The molecule has 0 heterocycles. The van der Waals surface area contributed by atoms with E-state index in [0.717, 1.165) is 44.9 Å². The van der Waals surface area contributed by atoms with Crippen molar-refractivity contribution in [2.45, 2.75) is 366 Å². The Morgan fingerprint density at radius 1 is 0.391 bits per heavy atom. The first kappa shape index (κ1) is 67.6. The van der Waals surface area contributed by atoms with Gasteiger partial charge in [-0.1, -0.05) is 302 Å². The van der Waals surface area contributed by atoms with Crippen LogP contribution in [-0.2, 0) is 14.3 Å². The highest BCUT2D eigenvalue weighted by Crippen LogP contribution is 2.18. The van der Waals surface area contributed by atoms with Gasteiger partial charge in [-0.05, 0) is 51.4 Å². The van der Waals surface area contributed by atoms with E-state index in [1.165, 1.54) is 276 Å². The van der Waals surface area contributed by atoms with Crippen molar-refractivity contribution >= 4 is 11.9 Å². The van der Waals surface area contributed by atoms with E-state index < -0.39 is 12.1 Å². The van der Waals surface area contributed by atoms with E-state index in [9.17, 15) is 19.8 Å². The zero-order valence-electron chi connectivity index (χ0n) is 46.8. The third-order valence-corrected chi connectivity index (χ3v) is 14.8. The van der Waals surface area contributed by atoms with Crippen molar-refractivity contribution in [1.82, 2.24) is 5.32 Å². The molecule has 0 aromatic rings. The van der Waals surface area contributed by atoms with Gasteiger partial charge in [-0.2, -0.15) is 0 Å². The third-order valence-electron chi connectivity index (χ3n) is 14.8. The van der Waals surface area contributed by atoms with E-state index in [2.05, 4.69) is 31.3 Å². The summed E-state index contributed by atoms with van der Waals surface area (Å²) in [6, 6.07) is -0.538. The topological polar surface area (TPSA) is 95.9 Å². The quantitative estimate of drug-likeness (QED) is 0.0321. The lowest BCUT2D eigenvalue weighted by atomic mass is 10.0. The number of allylic oxidation sites excluding steroid dienone is 2. The molecule has 0 aromatic carbocycles. The molecule has 0 radical (unpaired) electrons. The highest BCUT2D eigenvalue weighted by Gasteiger charge is 2.20. The second-order valence-corrected chi connectivity index (χ2v) is 21.7. The first-order valence-corrected chi connectivity index (χ1v) is 31.4. The van der Waals surface area contributed by atoms with Gasteiger partial charge in [0, 0.05) is 12.8 Å². The van der Waals surface area contributed by atoms with Gasteiger partial charge < -0.3 is 20.3 Å². The van der Waals surface area contributed by atoms with E-state index in [1.54, 1.807) is 0 Å². The number of hydrogen-bond acceptors (Lipinski definition) is 5. The van der Waals surface area contributed by atoms with Crippen molar-refractivity contribution in [2.75, 3.05) is 13.2 Å². The Labute approximate surface area is 431 Å². The lowest BCUT2D eigenvalue weighted by Crippen LogP contribution is -2.45. The van der Waals surface area contributed by atoms with Crippen LogP contribution in [0, 0.1) is 0 Å². The average molecular weight is 975 g/mol. The molecule has 0 saturated heterocycles. The summed E-state index contributed by atoms with van der Waals surface area (Å²) >= 11 is 0. The van der Waals surface area contributed by atoms with Gasteiger partial charge in [0.1, 0.15) is 0 Å². The van der Waals surface area contributed by atoms with Crippen molar-refractivity contribution in [3.63, 3.8) is 0 Å². The number of amides is 1. The minimum atomic E-state index is -0.661. The van der Waals surface area contributed by atoms with Crippen LogP contribution in [0.2, 0.25) is 0 Å². The molecule has 2 unspecified atom stereocenters. The average Bonchev–Trinajstić information content (AvgIpc) is 3.35. The van der Waals surface area contributed by atoms with Crippen molar-refractivity contribution in [2.24, 2.45) is 0 Å². The van der Waals surface area contributed by atoms with Crippen LogP contribution in [0.15, 0.2) is 12.2 Å². The number of esters is 1. The van der Waals surface area contributed by atoms with E-state index >= 15 is 0 Å². The summed E-state index contributed by atoms with van der Waals surface area (Å²) < 4.78 is 5.48. The number of rotatable bonds is 59. The highest BCUT2D eigenvalue weighted by molar-refractivity contribution is 5.76. The summed E-state index contributed by atoms with van der Waals surface area (Å²) in [6.07, 6.45) is 70.9. The Bertz CT molecular complexity index is 1030. The Balaban J connectivity index is 3.34. The van der Waals surface area contributed by atoms with Gasteiger partial charge in [-0.25, -0.2) is 0 Å². The first-order chi connectivity index (χ1) is 34.0. The van der Waals surface area contributed by atoms with Crippen LogP contribution in [0.25, 0.3) is 0 Å². The van der Waals surface area contributed by atoms with Crippen LogP contribution in [0.5, 0.6) is 0 Å². The lowest BCUT2D eigenvalue weighted by molar-refractivity contribution is -0.143. The number of nitrogens with one attached hydrogen (secondary N) is 1. The van der Waals surface area contributed by atoms with Crippen LogP contribution < -0.4 is 5.32 Å². The van der Waals surface area contributed by atoms with Gasteiger partial charge in [0.15, 0.2) is 0 Å². The van der Waals surface area contributed by atoms with Crippen molar-refractivity contribution in [3.8, 4) is 0 Å². The molecule has 6 heteroatoms. The third kappa shape index (κ3) is 55.8. The molecule has 69 heavy (non-hydrogen) atoms. The molecule has 410 valence electrons. The molecule has 0 bridgehead atoms. The van der Waals surface area contributed by atoms with Gasteiger partial charge >= 0.3 is 5.97 Å². The molecule has 0 aromatic heterocycles. The molecular weight excluding hydrogens is 851 g/mol. The zero-order valence-corrected chi connectivity index (χ0v) is 46.8. The van der Waals surface area contributed by atoms with Crippen LogP contribution >= 0.6 is 0 Å². The van der Waals surface area contributed by atoms with Crippen molar-refractivity contribution < 1.29 is 24.5 Å². The predicted octanol–water partition coefficient (Wildman–Crippen LogP) is 19.6. The fourth-order valence-corrected chi connectivity index (χ4v) is 9.99.